The normalized spacial score (nSPS) is 12.7. The van der Waals surface area contributed by atoms with E-state index in [4.69, 9.17) is 0 Å². The SMILES string of the molecule is CN(/C(=C\C(CCF)=[N+](C)c1ccccc1)CCF)c1ccccc1. The molecule has 0 amide bonds. The minimum atomic E-state index is -0.457. The molecule has 132 valence electrons. The molecule has 2 aromatic rings. The largest absolute Gasteiger partial charge is 0.348 e. The van der Waals surface area contributed by atoms with Crippen LogP contribution in [0.5, 0.6) is 0 Å². The highest BCUT2D eigenvalue weighted by atomic mass is 19.1. The first-order valence-corrected chi connectivity index (χ1v) is 8.43. The van der Waals surface area contributed by atoms with Crippen molar-refractivity contribution in [1.82, 2.24) is 0 Å². The number of para-hydroxylation sites is 2. The minimum Gasteiger partial charge on any atom is -0.348 e. The quantitative estimate of drug-likeness (QED) is 0.475. The molecule has 4 heteroatoms. The lowest BCUT2D eigenvalue weighted by molar-refractivity contribution is -0.405. The summed E-state index contributed by atoms with van der Waals surface area (Å²) >= 11 is 0. The second-order valence-electron chi connectivity index (χ2n) is 5.79. The molecule has 0 heterocycles. The molecule has 2 aromatic carbocycles. The van der Waals surface area contributed by atoms with Crippen molar-refractivity contribution in [3.63, 3.8) is 0 Å². The van der Waals surface area contributed by atoms with Crippen LogP contribution in [0, 0.1) is 0 Å². The van der Waals surface area contributed by atoms with Gasteiger partial charge in [-0.25, -0.2) is 0 Å². The molecule has 0 N–H and O–H groups in total. The van der Waals surface area contributed by atoms with Crippen LogP contribution in [0.15, 0.2) is 72.4 Å². The number of benzene rings is 2. The van der Waals surface area contributed by atoms with Crippen molar-refractivity contribution < 1.29 is 13.4 Å². The Morgan fingerprint density at radius 1 is 0.920 bits per heavy atom. The maximum absolute atomic E-state index is 13.1. The monoisotopic (exact) mass is 343 g/mol. The maximum Gasteiger partial charge on any atom is 0.205 e. The highest BCUT2D eigenvalue weighted by molar-refractivity contribution is 5.92. The molecule has 0 aromatic heterocycles. The molecule has 0 fully saturated rings. The first-order valence-electron chi connectivity index (χ1n) is 8.43. The molecule has 0 aliphatic heterocycles. The van der Waals surface area contributed by atoms with E-state index in [-0.39, 0.29) is 12.8 Å². The van der Waals surface area contributed by atoms with Gasteiger partial charge in [-0.05, 0) is 12.1 Å². The van der Waals surface area contributed by atoms with Crippen molar-refractivity contribution in [3.8, 4) is 0 Å². The average molecular weight is 343 g/mol. The summed E-state index contributed by atoms with van der Waals surface area (Å²) in [6, 6.07) is 19.6. The Labute approximate surface area is 148 Å². The summed E-state index contributed by atoms with van der Waals surface area (Å²) in [6.45, 7) is -0.915. The molecule has 0 spiro atoms. The molecule has 25 heavy (non-hydrogen) atoms. The number of alkyl halides is 2. The Morgan fingerprint density at radius 2 is 1.48 bits per heavy atom. The average Bonchev–Trinajstić information content (AvgIpc) is 2.67. The standard InChI is InChI=1S/C21H25F2N2/c1-24(18-9-5-3-6-10-18)20(13-15-22)17-21(14-16-23)25(2)19-11-7-4-8-12-19/h3-12,17H,13-16H2,1-2H3/q+1. The van der Waals surface area contributed by atoms with Crippen LogP contribution in [0.25, 0.3) is 0 Å². The summed E-state index contributed by atoms with van der Waals surface area (Å²) in [5.41, 5.74) is 3.59. The van der Waals surface area contributed by atoms with Crippen molar-refractivity contribution in [2.45, 2.75) is 12.8 Å². The van der Waals surface area contributed by atoms with Gasteiger partial charge in [-0.2, -0.15) is 4.58 Å². The van der Waals surface area contributed by atoms with Gasteiger partial charge in [0.15, 0.2) is 5.71 Å². The number of hydrogen-bond donors (Lipinski definition) is 0. The molecule has 0 radical (unpaired) electrons. The second kappa shape index (κ2) is 9.72. The molecule has 0 saturated heterocycles. The lowest BCUT2D eigenvalue weighted by Gasteiger charge is -2.22. The first-order chi connectivity index (χ1) is 12.2. The van der Waals surface area contributed by atoms with Gasteiger partial charge in [0.05, 0.1) is 19.8 Å². The van der Waals surface area contributed by atoms with Gasteiger partial charge in [-0.15, -0.1) is 0 Å². The van der Waals surface area contributed by atoms with Crippen LogP contribution < -0.4 is 4.90 Å². The lowest BCUT2D eigenvalue weighted by atomic mass is 10.1. The van der Waals surface area contributed by atoms with Crippen molar-refractivity contribution in [1.29, 1.82) is 0 Å². The van der Waals surface area contributed by atoms with Gasteiger partial charge in [0.2, 0.25) is 5.69 Å². The van der Waals surface area contributed by atoms with Gasteiger partial charge in [0.25, 0.3) is 0 Å². The van der Waals surface area contributed by atoms with Gasteiger partial charge in [0, 0.05) is 43.1 Å². The summed E-state index contributed by atoms with van der Waals surface area (Å²) in [4.78, 5) is 1.96. The van der Waals surface area contributed by atoms with Gasteiger partial charge in [-0.1, -0.05) is 36.4 Å². The molecule has 0 saturated carbocycles. The Kier molecular flexibility index (Phi) is 7.33. The van der Waals surface area contributed by atoms with Crippen LogP contribution >= 0.6 is 0 Å². The Morgan fingerprint density at radius 3 is 2.04 bits per heavy atom. The third-order valence-corrected chi connectivity index (χ3v) is 4.18. The highest BCUT2D eigenvalue weighted by Crippen LogP contribution is 2.20. The van der Waals surface area contributed by atoms with E-state index < -0.39 is 13.3 Å². The van der Waals surface area contributed by atoms with Crippen LogP contribution in [0.2, 0.25) is 0 Å². The third kappa shape index (κ3) is 5.24. The zero-order valence-corrected chi connectivity index (χ0v) is 14.8. The number of allylic oxidation sites excluding steroid dienone is 2. The molecule has 0 atom stereocenters. The number of nitrogens with zero attached hydrogens (tertiary/aromatic N) is 2. The summed E-state index contributed by atoms with van der Waals surface area (Å²) < 4.78 is 28.2. The van der Waals surface area contributed by atoms with E-state index in [1.165, 1.54) is 0 Å². The predicted molar refractivity (Wildman–Crippen MR) is 101 cm³/mol. The fourth-order valence-electron chi connectivity index (χ4n) is 2.69. The van der Waals surface area contributed by atoms with Crippen molar-refractivity contribution >= 4 is 17.1 Å². The predicted octanol–water partition coefficient (Wildman–Crippen LogP) is 5.14. The topological polar surface area (TPSA) is 6.25 Å². The second-order valence-corrected chi connectivity index (χ2v) is 5.79. The fraction of sp³-hybridized carbons (Fsp3) is 0.286. The maximum atomic E-state index is 13.1. The Balaban J connectivity index is 2.43. The van der Waals surface area contributed by atoms with Gasteiger partial charge >= 0.3 is 0 Å². The van der Waals surface area contributed by atoms with Crippen molar-refractivity contribution in [3.05, 3.63) is 72.4 Å². The zero-order valence-electron chi connectivity index (χ0n) is 14.8. The molecular weight excluding hydrogens is 318 g/mol. The number of halogens is 2. The number of anilines is 1. The van der Waals surface area contributed by atoms with E-state index in [0.29, 0.717) is 0 Å². The van der Waals surface area contributed by atoms with E-state index in [2.05, 4.69) is 0 Å². The Hall–Kier alpha value is -2.49. The number of hydrogen-bond acceptors (Lipinski definition) is 1. The fourth-order valence-corrected chi connectivity index (χ4v) is 2.69. The van der Waals surface area contributed by atoms with Crippen LogP contribution in [-0.4, -0.2) is 37.7 Å². The zero-order chi connectivity index (χ0) is 18.1. The summed E-state index contributed by atoms with van der Waals surface area (Å²) in [5.74, 6) is 0. The van der Waals surface area contributed by atoms with E-state index in [9.17, 15) is 8.78 Å². The molecule has 0 unspecified atom stereocenters. The van der Waals surface area contributed by atoms with Crippen LogP contribution in [-0.2, 0) is 0 Å². The Bertz CT molecular complexity index is 709. The van der Waals surface area contributed by atoms with E-state index in [0.717, 1.165) is 22.8 Å². The van der Waals surface area contributed by atoms with Crippen molar-refractivity contribution in [2.75, 3.05) is 32.3 Å². The van der Waals surface area contributed by atoms with Gasteiger partial charge < -0.3 is 4.90 Å². The van der Waals surface area contributed by atoms with Gasteiger partial charge in [-0.3, -0.25) is 8.78 Å². The molecule has 0 bridgehead atoms. The number of rotatable bonds is 8. The summed E-state index contributed by atoms with van der Waals surface area (Å²) in [6.07, 6.45) is 2.47. The van der Waals surface area contributed by atoms with Crippen molar-refractivity contribution in [2.24, 2.45) is 0 Å². The third-order valence-electron chi connectivity index (χ3n) is 4.18. The minimum absolute atomic E-state index is 0.282. The molecule has 0 aliphatic carbocycles. The molecule has 2 rings (SSSR count). The summed E-state index contributed by atoms with van der Waals surface area (Å²) in [5, 5.41) is 0. The molecule has 2 nitrogen and oxygen atoms in total. The highest BCUT2D eigenvalue weighted by Gasteiger charge is 2.15. The van der Waals surface area contributed by atoms with E-state index in [1.807, 2.05) is 90.3 Å². The van der Waals surface area contributed by atoms with Crippen LogP contribution in [0.1, 0.15) is 12.8 Å². The summed E-state index contributed by atoms with van der Waals surface area (Å²) in [7, 11) is 3.82. The van der Waals surface area contributed by atoms with E-state index >= 15 is 0 Å². The van der Waals surface area contributed by atoms with Crippen LogP contribution in [0.3, 0.4) is 0 Å². The van der Waals surface area contributed by atoms with Gasteiger partial charge in [0.1, 0.15) is 7.05 Å². The smallest absolute Gasteiger partial charge is 0.205 e. The van der Waals surface area contributed by atoms with Crippen LogP contribution in [0.4, 0.5) is 20.2 Å². The first kappa shape index (κ1) is 18.8. The molecular formula is C21H25F2N2+. The molecule has 0 aliphatic rings. The van der Waals surface area contributed by atoms with E-state index in [1.54, 1.807) is 0 Å². The lowest BCUT2D eigenvalue weighted by Crippen LogP contribution is -2.20.